The van der Waals surface area contributed by atoms with Gasteiger partial charge in [0.2, 0.25) is 5.91 Å². The number of carbonyl (C=O) groups is 2. The van der Waals surface area contributed by atoms with Crippen molar-refractivity contribution in [1.29, 1.82) is 0 Å². The van der Waals surface area contributed by atoms with Crippen LogP contribution in [0.25, 0.3) is 0 Å². The fraction of sp³-hybridized carbons (Fsp3) is 0.360. The van der Waals surface area contributed by atoms with Crippen LogP contribution in [0.15, 0.2) is 53.7 Å². The lowest BCUT2D eigenvalue weighted by molar-refractivity contribution is -0.122. The molecule has 0 bridgehead atoms. The van der Waals surface area contributed by atoms with Gasteiger partial charge in [-0.05, 0) is 54.7 Å². The van der Waals surface area contributed by atoms with Crippen LogP contribution in [0.1, 0.15) is 49.1 Å². The number of ketones is 1. The molecular formula is C25H27NO5. The third kappa shape index (κ3) is 4.15. The molecule has 2 atom stereocenters. The van der Waals surface area contributed by atoms with Crippen molar-refractivity contribution < 1.29 is 23.8 Å². The summed E-state index contributed by atoms with van der Waals surface area (Å²) >= 11 is 0. The average molecular weight is 421 g/mol. The maximum absolute atomic E-state index is 13.3. The predicted molar refractivity (Wildman–Crippen MR) is 117 cm³/mol. The standard InChI is InChI=1S/C25H27NO5/c1-4-31-22-9-8-16(13-23(22)30-3)19-14-24(28)26-20-11-17(12-21(27)25(19)20)15-6-5-7-18(10-15)29-2/h5-10,13,17,19H,4,11-12,14H2,1-3H3,(H,26,28). The number of hydrogen-bond donors (Lipinski definition) is 1. The van der Waals surface area contributed by atoms with E-state index < -0.39 is 0 Å². The van der Waals surface area contributed by atoms with Crippen molar-refractivity contribution >= 4 is 11.7 Å². The van der Waals surface area contributed by atoms with E-state index in [0.29, 0.717) is 36.5 Å². The van der Waals surface area contributed by atoms with E-state index in [1.54, 1.807) is 14.2 Å². The minimum absolute atomic E-state index is 0.00951. The molecule has 1 amide bonds. The van der Waals surface area contributed by atoms with Crippen LogP contribution in [0, 0.1) is 0 Å². The average Bonchev–Trinajstić information content (AvgIpc) is 2.78. The first-order valence-corrected chi connectivity index (χ1v) is 10.5. The maximum atomic E-state index is 13.3. The fourth-order valence-corrected chi connectivity index (χ4v) is 4.55. The summed E-state index contributed by atoms with van der Waals surface area (Å²) in [5, 5.41) is 2.97. The van der Waals surface area contributed by atoms with Crippen molar-refractivity contribution in [2.24, 2.45) is 0 Å². The van der Waals surface area contributed by atoms with Crippen molar-refractivity contribution in [3.05, 3.63) is 64.9 Å². The van der Waals surface area contributed by atoms with E-state index in [0.717, 1.165) is 22.6 Å². The minimum atomic E-state index is -0.285. The Labute approximate surface area is 182 Å². The van der Waals surface area contributed by atoms with Gasteiger partial charge in [0.1, 0.15) is 5.75 Å². The van der Waals surface area contributed by atoms with Crippen molar-refractivity contribution in [1.82, 2.24) is 5.32 Å². The Morgan fingerprint density at radius 2 is 1.77 bits per heavy atom. The first kappa shape index (κ1) is 21.0. The Bertz CT molecular complexity index is 1040. The van der Waals surface area contributed by atoms with Gasteiger partial charge in [0.05, 0.1) is 20.8 Å². The number of amides is 1. The summed E-state index contributed by atoms with van der Waals surface area (Å²) in [5.74, 6) is 1.74. The number of benzene rings is 2. The van der Waals surface area contributed by atoms with Crippen molar-refractivity contribution in [2.45, 2.75) is 38.0 Å². The summed E-state index contributed by atoms with van der Waals surface area (Å²) in [6.07, 6.45) is 1.27. The van der Waals surface area contributed by atoms with E-state index in [1.807, 2.05) is 49.4 Å². The molecule has 1 N–H and O–H groups in total. The second-order valence-corrected chi connectivity index (χ2v) is 7.85. The quantitative estimate of drug-likeness (QED) is 0.760. The van der Waals surface area contributed by atoms with E-state index in [2.05, 4.69) is 5.32 Å². The number of rotatable bonds is 6. The number of allylic oxidation sites excluding steroid dienone is 2. The van der Waals surface area contributed by atoms with Crippen molar-refractivity contribution in [2.75, 3.05) is 20.8 Å². The molecule has 4 rings (SSSR count). The van der Waals surface area contributed by atoms with E-state index in [-0.39, 0.29) is 29.9 Å². The van der Waals surface area contributed by atoms with Gasteiger partial charge in [0.25, 0.3) is 0 Å². The van der Waals surface area contributed by atoms with E-state index in [4.69, 9.17) is 14.2 Å². The number of nitrogens with one attached hydrogen (secondary N) is 1. The van der Waals surface area contributed by atoms with Gasteiger partial charge in [0, 0.05) is 30.0 Å². The lowest BCUT2D eigenvalue weighted by Crippen LogP contribution is -2.38. The molecule has 0 fully saturated rings. The summed E-state index contributed by atoms with van der Waals surface area (Å²) < 4.78 is 16.4. The molecule has 6 heteroatoms. The predicted octanol–water partition coefficient (Wildman–Crippen LogP) is 4.11. The van der Waals surface area contributed by atoms with Crippen LogP contribution < -0.4 is 19.5 Å². The molecule has 0 aromatic heterocycles. The molecule has 2 aliphatic rings. The van der Waals surface area contributed by atoms with Gasteiger partial charge in [-0.1, -0.05) is 18.2 Å². The molecule has 1 heterocycles. The molecule has 0 radical (unpaired) electrons. The molecule has 2 unspecified atom stereocenters. The highest BCUT2D eigenvalue weighted by atomic mass is 16.5. The summed E-state index contributed by atoms with van der Waals surface area (Å²) in [6.45, 7) is 2.44. The van der Waals surface area contributed by atoms with Gasteiger partial charge in [-0.2, -0.15) is 0 Å². The number of ether oxygens (including phenoxy) is 3. The van der Waals surface area contributed by atoms with Crippen LogP contribution in [0.4, 0.5) is 0 Å². The molecule has 0 saturated carbocycles. The molecule has 31 heavy (non-hydrogen) atoms. The van der Waals surface area contributed by atoms with Crippen LogP contribution in [0.5, 0.6) is 17.2 Å². The third-order valence-corrected chi connectivity index (χ3v) is 5.99. The van der Waals surface area contributed by atoms with Gasteiger partial charge < -0.3 is 19.5 Å². The monoisotopic (exact) mass is 421 g/mol. The third-order valence-electron chi connectivity index (χ3n) is 5.99. The molecule has 162 valence electrons. The smallest absolute Gasteiger partial charge is 0.225 e. The fourth-order valence-electron chi connectivity index (χ4n) is 4.55. The number of carbonyl (C=O) groups excluding carboxylic acids is 2. The maximum Gasteiger partial charge on any atom is 0.225 e. The summed E-state index contributed by atoms with van der Waals surface area (Å²) in [5.41, 5.74) is 3.37. The van der Waals surface area contributed by atoms with Gasteiger partial charge >= 0.3 is 0 Å². The Hall–Kier alpha value is -3.28. The molecular weight excluding hydrogens is 394 g/mol. The summed E-state index contributed by atoms with van der Waals surface area (Å²) in [7, 11) is 3.22. The van der Waals surface area contributed by atoms with Crippen LogP contribution in [0.2, 0.25) is 0 Å². The topological polar surface area (TPSA) is 73.9 Å². The van der Waals surface area contributed by atoms with Crippen LogP contribution in [-0.4, -0.2) is 32.5 Å². The minimum Gasteiger partial charge on any atom is -0.497 e. The Morgan fingerprint density at radius 3 is 2.52 bits per heavy atom. The van der Waals surface area contributed by atoms with Gasteiger partial charge in [-0.15, -0.1) is 0 Å². The van der Waals surface area contributed by atoms with Gasteiger partial charge in [-0.3, -0.25) is 9.59 Å². The molecule has 0 spiro atoms. The zero-order valence-corrected chi connectivity index (χ0v) is 18.1. The molecule has 2 aromatic carbocycles. The second-order valence-electron chi connectivity index (χ2n) is 7.85. The lowest BCUT2D eigenvalue weighted by Gasteiger charge is -2.34. The summed E-state index contributed by atoms with van der Waals surface area (Å²) in [6, 6.07) is 13.4. The number of methoxy groups -OCH3 is 2. The number of Topliss-reactive ketones (excluding diaryl/α,β-unsaturated/α-hetero) is 1. The van der Waals surface area contributed by atoms with Crippen LogP contribution >= 0.6 is 0 Å². The highest BCUT2D eigenvalue weighted by molar-refractivity contribution is 6.02. The second kappa shape index (κ2) is 8.84. The molecule has 1 aliphatic heterocycles. The van der Waals surface area contributed by atoms with E-state index in [9.17, 15) is 9.59 Å². The molecule has 2 aromatic rings. The Balaban J connectivity index is 1.69. The highest BCUT2D eigenvalue weighted by Gasteiger charge is 2.38. The zero-order valence-electron chi connectivity index (χ0n) is 18.1. The van der Waals surface area contributed by atoms with Crippen molar-refractivity contribution in [3.8, 4) is 17.2 Å². The Kier molecular flexibility index (Phi) is 5.98. The van der Waals surface area contributed by atoms with Crippen molar-refractivity contribution in [3.63, 3.8) is 0 Å². The number of hydrogen-bond acceptors (Lipinski definition) is 5. The van der Waals surface area contributed by atoms with Gasteiger partial charge in [-0.25, -0.2) is 0 Å². The van der Waals surface area contributed by atoms with E-state index in [1.165, 1.54) is 0 Å². The Morgan fingerprint density at radius 1 is 0.935 bits per heavy atom. The summed E-state index contributed by atoms with van der Waals surface area (Å²) in [4.78, 5) is 25.8. The first-order chi connectivity index (χ1) is 15.0. The molecule has 0 saturated heterocycles. The van der Waals surface area contributed by atoms with Gasteiger partial charge in [0.15, 0.2) is 17.3 Å². The first-order valence-electron chi connectivity index (χ1n) is 10.5. The molecule has 6 nitrogen and oxygen atoms in total. The normalized spacial score (nSPS) is 20.7. The van der Waals surface area contributed by atoms with Crippen LogP contribution in [-0.2, 0) is 9.59 Å². The zero-order chi connectivity index (χ0) is 22.0. The molecule has 1 aliphatic carbocycles. The van der Waals surface area contributed by atoms with Crippen LogP contribution in [0.3, 0.4) is 0 Å². The SMILES string of the molecule is CCOc1ccc(C2CC(=O)NC3=C2C(=O)CC(c2cccc(OC)c2)C3)cc1OC. The van der Waals surface area contributed by atoms with E-state index >= 15 is 0 Å². The highest BCUT2D eigenvalue weighted by Crippen LogP contribution is 2.44. The lowest BCUT2D eigenvalue weighted by atomic mass is 9.73. The largest absolute Gasteiger partial charge is 0.497 e.